The van der Waals surface area contributed by atoms with Crippen LogP contribution in [0.4, 0.5) is 0 Å². The summed E-state index contributed by atoms with van der Waals surface area (Å²) in [5.41, 5.74) is 1.06. The second kappa shape index (κ2) is 6.95. The molecule has 0 heterocycles. The zero-order chi connectivity index (χ0) is 14.4. The van der Waals surface area contributed by atoms with E-state index >= 15 is 0 Å². The Labute approximate surface area is 121 Å². The smallest absolute Gasteiger partial charge is 0.161 e. The quantitative estimate of drug-likeness (QED) is 0.805. The summed E-state index contributed by atoms with van der Waals surface area (Å²) >= 11 is 0. The van der Waals surface area contributed by atoms with E-state index in [-0.39, 0.29) is 12.1 Å². The molecule has 1 aliphatic rings. The maximum absolute atomic E-state index is 9.61. The zero-order valence-corrected chi connectivity index (χ0v) is 12.4. The molecule has 1 aliphatic carbocycles. The summed E-state index contributed by atoms with van der Waals surface area (Å²) in [6, 6.07) is 5.98. The second-order valence-electron chi connectivity index (χ2n) is 5.42. The molecule has 0 radical (unpaired) electrons. The number of aliphatic hydroxyl groups excluding tert-OH is 1. The fourth-order valence-corrected chi connectivity index (χ4v) is 2.83. The molecule has 0 aliphatic heterocycles. The van der Waals surface area contributed by atoms with Crippen molar-refractivity contribution in [2.24, 2.45) is 0 Å². The second-order valence-corrected chi connectivity index (χ2v) is 5.42. The molecule has 20 heavy (non-hydrogen) atoms. The van der Waals surface area contributed by atoms with Crippen LogP contribution in [0.25, 0.3) is 0 Å². The number of hydrogen-bond donors (Lipinski definition) is 2. The van der Waals surface area contributed by atoms with Crippen molar-refractivity contribution in [2.45, 2.75) is 44.7 Å². The Morgan fingerprint density at radius 2 is 2.00 bits per heavy atom. The van der Waals surface area contributed by atoms with Crippen LogP contribution >= 0.6 is 0 Å². The van der Waals surface area contributed by atoms with Crippen LogP contribution in [-0.2, 0) is 6.54 Å². The lowest BCUT2D eigenvalue weighted by Gasteiger charge is -2.28. The number of methoxy groups -OCH3 is 1. The van der Waals surface area contributed by atoms with Crippen molar-refractivity contribution >= 4 is 0 Å². The van der Waals surface area contributed by atoms with Gasteiger partial charge in [0.1, 0.15) is 0 Å². The van der Waals surface area contributed by atoms with E-state index in [0.717, 1.165) is 36.4 Å². The van der Waals surface area contributed by atoms with Gasteiger partial charge in [0, 0.05) is 12.1 Å². The molecule has 4 nitrogen and oxygen atoms in total. The highest BCUT2D eigenvalue weighted by Gasteiger charge is 2.32. The molecule has 0 saturated heterocycles. The van der Waals surface area contributed by atoms with Gasteiger partial charge in [-0.25, -0.2) is 0 Å². The first-order valence-electron chi connectivity index (χ1n) is 7.38. The zero-order valence-electron chi connectivity index (χ0n) is 12.4. The third-order valence-corrected chi connectivity index (χ3v) is 4.06. The normalized spacial score (nSPS) is 17.1. The van der Waals surface area contributed by atoms with Gasteiger partial charge in [0.25, 0.3) is 0 Å². The summed E-state index contributed by atoms with van der Waals surface area (Å²) in [6.45, 7) is 3.53. The SMILES string of the molecule is CCOc1cc(CNC2(CO)CCCC2)ccc1OC. The van der Waals surface area contributed by atoms with Crippen molar-refractivity contribution < 1.29 is 14.6 Å². The minimum absolute atomic E-state index is 0.0916. The highest BCUT2D eigenvalue weighted by molar-refractivity contribution is 5.43. The molecule has 0 unspecified atom stereocenters. The van der Waals surface area contributed by atoms with Gasteiger partial charge in [-0.05, 0) is 37.5 Å². The number of ether oxygens (including phenoxy) is 2. The molecule has 0 amide bonds. The molecule has 0 aromatic heterocycles. The maximum Gasteiger partial charge on any atom is 0.161 e. The minimum Gasteiger partial charge on any atom is -0.493 e. The average Bonchev–Trinajstić information content (AvgIpc) is 2.95. The van der Waals surface area contributed by atoms with E-state index in [2.05, 4.69) is 5.32 Å². The van der Waals surface area contributed by atoms with Gasteiger partial charge in [0.15, 0.2) is 11.5 Å². The van der Waals surface area contributed by atoms with Crippen molar-refractivity contribution in [1.29, 1.82) is 0 Å². The van der Waals surface area contributed by atoms with E-state index in [4.69, 9.17) is 9.47 Å². The molecule has 1 aromatic rings. The van der Waals surface area contributed by atoms with Crippen molar-refractivity contribution in [2.75, 3.05) is 20.3 Å². The van der Waals surface area contributed by atoms with Crippen LogP contribution in [0.1, 0.15) is 38.2 Å². The van der Waals surface area contributed by atoms with Crippen LogP contribution < -0.4 is 14.8 Å². The Balaban J connectivity index is 2.03. The number of benzene rings is 1. The van der Waals surface area contributed by atoms with Gasteiger partial charge in [-0.3, -0.25) is 0 Å². The summed E-state index contributed by atoms with van der Waals surface area (Å²) in [5, 5.41) is 13.1. The lowest BCUT2D eigenvalue weighted by molar-refractivity contribution is 0.163. The molecule has 1 saturated carbocycles. The molecule has 0 bridgehead atoms. The Hall–Kier alpha value is -1.26. The van der Waals surface area contributed by atoms with Gasteiger partial charge in [-0.2, -0.15) is 0 Å². The summed E-state index contributed by atoms with van der Waals surface area (Å²) < 4.78 is 10.9. The van der Waals surface area contributed by atoms with Crippen molar-refractivity contribution in [3.63, 3.8) is 0 Å². The largest absolute Gasteiger partial charge is 0.493 e. The van der Waals surface area contributed by atoms with Crippen LogP contribution in [0.5, 0.6) is 11.5 Å². The number of aliphatic hydroxyl groups is 1. The first kappa shape index (κ1) is 15.1. The Morgan fingerprint density at radius 3 is 2.60 bits per heavy atom. The summed E-state index contributed by atoms with van der Waals surface area (Å²) in [4.78, 5) is 0. The van der Waals surface area contributed by atoms with Crippen LogP contribution in [0.15, 0.2) is 18.2 Å². The molecule has 4 heteroatoms. The van der Waals surface area contributed by atoms with Crippen LogP contribution in [-0.4, -0.2) is 31.0 Å². The van der Waals surface area contributed by atoms with E-state index < -0.39 is 0 Å². The fourth-order valence-electron chi connectivity index (χ4n) is 2.83. The average molecular weight is 279 g/mol. The van der Waals surface area contributed by atoms with Gasteiger partial charge in [-0.1, -0.05) is 18.9 Å². The Kier molecular flexibility index (Phi) is 5.26. The van der Waals surface area contributed by atoms with Crippen LogP contribution in [0.2, 0.25) is 0 Å². The third kappa shape index (κ3) is 3.44. The van der Waals surface area contributed by atoms with E-state index in [9.17, 15) is 5.11 Å². The van der Waals surface area contributed by atoms with E-state index in [0.29, 0.717) is 6.61 Å². The van der Waals surface area contributed by atoms with Gasteiger partial charge >= 0.3 is 0 Å². The molecular weight excluding hydrogens is 254 g/mol. The molecule has 1 fully saturated rings. The minimum atomic E-state index is -0.0916. The van der Waals surface area contributed by atoms with E-state index in [1.54, 1.807) is 7.11 Å². The molecule has 112 valence electrons. The standard InChI is InChI=1S/C16H25NO3/c1-3-20-15-10-13(6-7-14(15)19-2)11-17-16(12-18)8-4-5-9-16/h6-7,10,17-18H,3-5,8-9,11-12H2,1-2H3. The van der Waals surface area contributed by atoms with Crippen LogP contribution in [0.3, 0.4) is 0 Å². The topological polar surface area (TPSA) is 50.7 Å². The summed E-state index contributed by atoms with van der Waals surface area (Å²) in [5.74, 6) is 1.53. The molecule has 0 atom stereocenters. The molecule has 2 N–H and O–H groups in total. The number of nitrogens with one attached hydrogen (secondary N) is 1. The van der Waals surface area contributed by atoms with Crippen LogP contribution in [0, 0.1) is 0 Å². The summed E-state index contributed by atoms with van der Waals surface area (Å²) in [6.07, 6.45) is 4.50. The molecular formula is C16H25NO3. The highest BCUT2D eigenvalue weighted by Crippen LogP contribution is 2.31. The monoisotopic (exact) mass is 279 g/mol. The van der Waals surface area contributed by atoms with Crippen molar-refractivity contribution in [1.82, 2.24) is 5.32 Å². The van der Waals surface area contributed by atoms with Gasteiger partial charge in [-0.15, -0.1) is 0 Å². The highest BCUT2D eigenvalue weighted by atomic mass is 16.5. The molecule has 2 rings (SSSR count). The first-order chi connectivity index (χ1) is 9.73. The van der Waals surface area contributed by atoms with E-state index in [1.807, 2.05) is 25.1 Å². The Morgan fingerprint density at radius 1 is 1.25 bits per heavy atom. The molecule has 0 spiro atoms. The number of hydrogen-bond acceptors (Lipinski definition) is 4. The predicted molar refractivity (Wildman–Crippen MR) is 79.3 cm³/mol. The third-order valence-electron chi connectivity index (χ3n) is 4.06. The fraction of sp³-hybridized carbons (Fsp3) is 0.625. The van der Waals surface area contributed by atoms with E-state index in [1.165, 1.54) is 12.8 Å². The lowest BCUT2D eigenvalue weighted by atomic mass is 9.98. The van der Waals surface area contributed by atoms with Gasteiger partial charge in [0.05, 0.1) is 20.3 Å². The summed E-state index contributed by atoms with van der Waals surface area (Å²) in [7, 11) is 1.65. The van der Waals surface area contributed by atoms with Crippen molar-refractivity contribution in [3.05, 3.63) is 23.8 Å². The molecule has 1 aromatic carbocycles. The number of rotatable bonds is 7. The van der Waals surface area contributed by atoms with Crippen molar-refractivity contribution in [3.8, 4) is 11.5 Å². The van der Waals surface area contributed by atoms with Gasteiger partial charge in [0.2, 0.25) is 0 Å². The first-order valence-corrected chi connectivity index (χ1v) is 7.38. The van der Waals surface area contributed by atoms with Gasteiger partial charge < -0.3 is 19.9 Å². The lowest BCUT2D eigenvalue weighted by Crippen LogP contribution is -2.45. The predicted octanol–water partition coefficient (Wildman–Crippen LogP) is 2.49. The maximum atomic E-state index is 9.61. The Bertz CT molecular complexity index is 428.